The summed E-state index contributed by atoms with van der Waals surface area (Å²) in [6.07, 6.45) is 3.31. The summed E-state index contributed by atoms with van der Waals surface area (Å²) >= 11 is 0. The molecule has 0 spiro atoms. The molecule has 0 aliphatic rings. The van der Waals surface area contributed by atoms with Crippen molar-refractivity contribution < 1.29 is 13.2 Å². The fourth-order valence-corrected chi connectivity index (χ4v) is 4.37. The lowest BCUT2D eigenvalue weighted by Crippen LogP contribution is -2.28. The zero-order valence-corrected chi connectivity index (χ0v) is 17.3. The average molecular weight is 433 g/mol. The van der Waals surface area contributed by atoms with Crippen molar-refractivity contribution >= 4 is 21.6 Å². The predicted molar refractivity (Wildman–Crippen MR) is 118 cm³/mol. The molecule has 7 nitrogen and oxygen atoms in total. The second-order valence-electron chi connectivity index (χ2n) is 6.84. The minimum absolute atomic E-state index is 0.155. The van der Waals surface area contributed by atoms with Crippen LogP contribution in [-0.2, 0) is 16.4 Å². The summed E-state index contributed by atoms with van der Waals surface area (Å²) in [5.74, 6) is 0. The van der Waals surface area contributed by atoms with Gasteiger partial charge in [0.05, 0.1) is 16.0 Å². The van der Waals surface area contributed by atoms with Crippen LogP contribution in [-0.4, -0.2) is 24.6 Å². The van der Waals surface area contributed by atoms with Gasteiger partial charge in [0.1, 0.15) is 0 Å². The molecule has 0 atom stereocenters. The Morgan fingerprint density at radius 1 is 0.871 bits per heavy atom. The molecule has 1 aromatic heterocycles. The van der Waals surface area contributed by atoms with E-state index in [0.717, 1.165) is 16.7 Å². The van der Waals surface area contributed by atoms with Crippen molar-refractivity contribution in [2.24, 2.45) is 0 Å². The molecule has 3 N–H and O–H groups in total. The summed E-state index contributed by atoms with van der Waals surface area (Å²) in [5, 5.41) is 11.9. The lowest BCUT2D eigenvalue weighted by Gasteiger charge is -2.10. The molecule has 0 fully saturated rings. The number of rotatable bonds is 6. The van der Waals surface area contributed by atoms with E-state index in [1.165, 1.54) is 12.1 Å². The average Bonchev–Trinajstić information content (AvgIpc) is 3.33. The van der Waals surface area contributed by atoms with Gasteiger partial charge in [-0.3, -0.25) is 5.10 Å². The maximum absolute atomic E-state index is 13.1. The molecule has 0 radical (unpaired) electrons. The zero-order chi connectivity index (χ0) is 21.7. The van der Waals surface area contributed by atoms with Crippen LogP contribution in [0.4, 0.5) is 10.5 Å². The molecule has 4 aromatic rings. The monoisotopic (exact) mass is 432 g/mol. The first-order chi connectivity index (χ1) is 15.0. The van der Waals surface area contributed by atoms with Gasteiger partial charge in [-0.1, -0.05) is 42.5 Å². The second kappa shape index (κ2) is 8.85. The Labute approximate surface area is 180 Å². The van der Waals surface area contributed by atoms with Gasteiger partial charge in [0.2, 0.25) is 9.84 Å². The number of H-pyrrole nitrogens is 1. The van der Waals surface area contributed by atoms with E-state index in [2.05, 4.69) is 20.8 Å². The Morgan fingerprint density at radius 3 is 2.32 bits per heavy atom. The molecule has 4 rings (SSSR count). The summed E-state index contributed by atoms with van der Waals surface area (Å²) in [4.78, 5) is 12.4. The number of sulfone groups is 1. The Hall–Kier alpha value is -3.91. The van der Waals surface area contributed by atoms with Crippen molar-refractivity contribution in [3.63, 3.8) is 0 Å². The maximum atomic E-state index is 13.1. The molecule has 0 saturated carbocycles. The van der Waals surface area contributed by atoms with Crippen LogP contribution in [0.25, 0.3) is 11.1 Å². The molecule has 2 amide bonds. The van der Waals surface area contributed by atoms with Gasteiger partial charge in [-0.15, -0.1) is 0 Å². The highest BCUT2D eigenvalue weighted by molar-refractivity contribution is 7.91. The third kappa shape index (κ3) is 4.81. The van der Waals surface area contributed by atoms with E-state index in [4.69, 9.17) is 0 Å². The van der Waals surface area contributed by atoms with Gasteiger partial charge in [0.25, 0.3) is 0 Å². The van der Waals surface area contributed by atoms with Gasteiger partial charge in [-0.25, -0.2) is 13.2 Å². The number of carbonyl (C=O) groups excluding carboxylic acids is 1. The molecular weight excluding hydrogens is 412 g/mol. The van der Waals surface area contributed by atoms with Crippen LogP contribution < -0.4 is 10.6 Å². The first kappa shape index (κ1) is 20.4. The van der Waals surface area contributed by atoms with E-state index in [-0.39, 0.29) is 9.79 Å². The van der Waals surface area contributed by atoms with Crippen LogP contribution in [0.3, 0.4) is 0 Å². The van der Waals surface area contributed by atoms with E-state index >= 15 is 0 Å². The normalized spacial score (nSPS) is 11.1. The highest BCUT2D eigenvalue weighted by Crippen LogP contribution is 2.27. The number of nitrogens with one attached hydrogen (secondary N) is 3. The minimum Gasteiger partial charge on any atom is -0.334 e. The summed E-state index contributed by atoms with van der Waals surface area (Å²) in [5.41, 5.74) is 3.10. The molecule has 0 aliphatic carbocycles. The number of amides is 2. The number of anilines is 1. The first-order valence-electron chi connectivity index (χ1n) is 9.55. The van der Waals surface area contributed by atoms with E-state index in [9.17, 15) is 13.2 Å². The predicted octanol–water partition coefficient (Wildman–Crippen LogP) is 4.23. The van der Waals surface area contributed by atoms with E-state index < -0.39 is 15.9 Å². The standard InChI is InChI=1S/C23H20N4O3S/c28-23(24-14-17-15-25-26-16-17)27-20-9-11-21(12-10-20)31(29,30)22-8-4-7-19(13-22)18-5-2-1-3-6-18/h1-13,15-16H,14H2,(H,25,26)(H2,24,27,28). The van der Waals surface area contributed by atoms with Gasteiger partial charge in [0, 0.05) is 24.0 Å². The maximum Gasteiger partial charge on any atom is 0.319 e. The number of aromatic nitrogens is 2. The number of hydrogen-bond acceptors (Lipinski definition) is 4. The smallest absolute Gasteiger partial charge is 0.319 e. The van der Waals surface area contributed by atoms with Crippen LogP contribution in [0.15, 0.2) is 101 Å². The van der Waals surface area contributed by atoms with Gasteiger partial charge in [0.15, 0.2) is 0 Å². The van der Waals surface area contributed by atoms with Crippen molar-refractivity contribution in [1.29, 1.82) is 0 Å². The molecule has 0 aliphatic heterocycles. The van der Waals surface area contributed by atoms with E-state index in [0.29, 0.717) is 12.2 Å². The van der Waals surface area contributed by atoms with Crippen molar-refractivity contribution in [2.45, 2.75) is 16.3 Å². The Kier molecular flexibility index (Phi) is 5.81. The molecular formula is C23H20N4O3S. The Morgan fingerprint density at radius 2 is 1.61 bits per heavy atom. The van der Waals surface area contributed by atoms with Gasteiger partial charge >= 0.3 is 6.03 Å². The van der Waals surface area contributed by atoms with Crippen LogP contribution in [0.1, 0.15) is 5.56 Å². The first-order valence-corrected chi connectivity index (χ1v) is 11.0. The molecule has 31 heavy (non-hydrogen) atoms. The van der Waals surface area contributed by atoms with Crippen LogP contribution in [0.5, 0.6) is 0 Å². The highest BCUT2D eigenvalue weighted by Gasteiger charge is 2.18. The number of hydrogen-bond donors (Lipinski definition) is 3. The minimum atomic E-state index is -3.69. The number of aromatic amines is 1. The van der Waals surface area contributed by atoms with Gasteiger partial charge < -0.3 is 10.6 Å². The lowest BCUT2D eigenvalue weighted by atomic mass is 10.1. The fraction of sp³-hybridized carbons (Fsp3) is 0.0435. The SMILES string of the molecule is O=C(NCc1cn[nH]c1)Nc1ccc(S(=O)(=O)c2cccc(-c3ccccc3)c2)cc1. The van der Waals surface area contributed by atoms with E-state index in [1.54, 1.807) is 42.7 Å². The fourth-order valence-electron chi connectivity index (χ4n) is 3.06. The molecule has 0 saturated heterocycles. The van der Waals surface area contributed by atoms with Crippen molar-refractivity contribution in [1.82, 2.24) is 15.5 Å². The molecule has 156 valence electrons. The lowest BCUT2D eigenvalue weighted by molar-refractivity contribution is 0.251. The number of carbonyl (C=O) groups is 1. The molecule has 0 unspecified atom stereocenters. The summed E-state index contributed by atoms with van der Waals surface area (Å²) < 4.78 is 26.2. The van der Waals surface area contributed by atoms with Crippen molar-refractivity contribution in [3.8, 4) is 11.1 Å². The molecule has 1 heterocycles. The quantitative estimate of drug-likeness (QED) is 0.424. The topological polar surface area (TPSA) is 104 Å². The summed E-state index contributed by atoms with van der Waals surface area (Å²) in [6, 6.07) is 22.2. The van der Waals surface area contributed by atoms with E-state index in [1.807, 2.05) is 36.4 Å². The molecule has 8 heteroatoms. The van der Waals surface area contributed by atoms with Crippen LogP contribution in [0, 0.1) is 0 Å². The number of nitrogens with zero attached hydrogens (tertiary/aromatic N) is 1. The highest BCUT2D eigenvalue weighted by atomic mass is 32.2. The van der Waals surface area contributed by atoms with Crippen LogP contribution >= 0.6 is 0 Å². The van der Waals surface area contributed by atoms with Crippen LogP contribution in [0.2, 0.25) is 0 Å². The Bertz CT molecular complexity index is 1270. The largest absolute Gasteiger partial charge is 0.334 e. The van der Waals surface area contributed by atoms with Gasteiger partial charge in [-0.05, 0) is 47.5 Å². The zero-order valence-electron chi connectivity index (χ0n) is 16.4. The van der Waals surface area contributed by atoms with Crippen molar-refractivity contribution in [2.75, 3.05) is 5.32 Å². The third-order valence-electron chi connectivity index (χ3n) is 4.68. The number of benzene rings is 3. The number of urea groups is 1. The van der Waals surface area contributed by atoms with Gasteiger partial charge in [-0.2, -0.15) is 5.10 Å². The third-order valence-corrected chi connectivity index (χ3v) is 6.45. The second-order valence-corrected chi connectivity index (χ2v) is 8.79. The Balaban J connectivity index is 1.47. The van der Waals surface area contributed by atoms with Crippen molar-refractivity contribution in [3.05, 3.63) is 96.8 Å². The molecule has 0 bridgehead atoms. The molecule has 3 aromatic carbocycles. The summed E-state index contributed by atoms with van der Waals surface area (Å²) in [7, 11) is -3.69. The summed E-state index contributed by atoms with van der Waals surface area (Å²) in [6.45, 7) is 0.326.